The Morgan fingerprint density at radius 3 is 0.816 bits per heavy atom. The van der Waals surface area contributed by atoms with E-state index in [1.54, 1.807) is 10.6 Å². The molecule has 0 spiro atoms. The number of benzene rings is 3. The Morgan fingerprint density at radius 2 is 0.633 bits per heavy atom. The van der Waals surface area contributed by atoms with E-state index in [-0.39, 0.29) is 11.8 Å². The van der Waals surface area contributed by atoms with Crippen LogP contribution in [0.4, 0.5) is 5.69 Å². The van der Waals surface area contributed by atoms with Gasteiger partial charge in [-0.3, -0.25) is 0 Å². The van der Waals surface area contributed by atoms with Gasteiger partial charge in [-0.05, 0) is 116 Å². The molecule has 0 bridgehead atoms. The predicted molar refractivity (Wildman–Crippen MR) is 221 cm³/mol. The van der Waals surface area contributed by atoms with Crippen LogP contribution in [-0.4, -0.2) is 10.3 Å². The van der Waals surface area contributed by atoms with Crippen LogP contribution in [0.1, 0.15) is 223 Å². The van der Waals surface area contributed by atoms with E-state index in [1.807, 2.05) is 20.8 Å². The first kappa shape index (κ1) is 41.1. The van der Waals surface area contributed by atoms with Gasteiger partial charge in [0.05, 0.1) is 0 Å². The Balaban J connectivity index is 2.86. The van der Waals surface area contributed by atoms with E-state index >= 15 is 0 Å². The Bertz CT molecular complexity index is 1460. The van der Waals surface area contributed by atoms with Gasteiger partial charge in [-0.1, -0.05) is 135 Å². The average Bonchev–Trinajstić information content (AvgIpc) is 2.99. The molecule has 0 unspecified atom stereocenters. The van der Waals surface area contributed by atoms with Crippen LogP contribution < -0.4 is 15.9 Å². The van der Waals surface area contributed by atoms with Gasteiger partial charge in [0, 0.05) is 42.6 Å². The molecule has 3 heteroatoms. The Hall–Kier alpha value is -2.31. The molecule has 3 rings (SSSR count). The van der Waals surface area contributed by atoms with Gasteiger partial charge in [-0.2, -0.15) is 0 Å². The number of nitrogens with zero attached hydrogens (tertiary/aromatic N) is 1. The summed E-state index contributed by atoms with van der Waals surface area (Å²) in [6.07, 6.45) is 0. The highest BCUT2D eigenvalue weighted by Gasteiger charge is 2.38. The molecule has 0 aromatic heterocycles. The van der Waals surface area contributed by atoms with E-state index < -0.39 is 13.5 Å². The Labute approximate surface area is 303 Å². The molecule has 3 aromatic carbocycles. The van der Waals surface area contributed by atoms with E-state index in [2.05, 4.69) is 147 Å². The van der Waals surface area contributed by atoms with Gasteiger partial charge in [-0.15, -0.1) is 0 Å². The normalized spacial score (nSPS) is 12.9. The summed E-state index contributed by atoms with van der Waals surface area (Å²) in [5.41, 5.74) is 11.7. The minimum Gasteiger partial charge on any atom is -0.0587 e. The first-order valence-corrected chi connectivity index (χ1v) is 20.7. The van der Waals surface area contributed by atoms with Crippen molar-refractivity contribution in [3.63, 3.8) is 0 Å². The van der Waals surface area contributed by atoms with Crippen molar-refractivity contribution in [2.75, 3.05) is 0 Å². The third-order valence-electron chi connectivity index (χ3n) is 10.1. The highest BCUT2D eigenvalue weighted by Crippen LogP contribution is 2.49. The molecule has 0 fully saturated rings. The summed E-state index contributed by atoms with van der Waals surface area (Å²) in [5, 5.41) is 4.59. The van der Waals surface area contributed by atoms with Gasteiger partial charge in [0.2, 0.25) is 5.54 Å². The van der Waals surface area contributed by atoms with Crippen molar-refractivity contribution < 1.29 is 4.76 Å². The van der Waals surface area contributed by atoms with Crippen LogP contribution in [0, 0.1) is 4.91 Å². The van der Waals surface area contributed by atoms with Crippen LogP contribution >= 0.6 is 7.92 Å². The molecule has 0 aliphatic rings. The topological polar surface area (TPSA) is 20.1 Å². The fourth-order valence-electron chi connectivity index (χ4n) is 6.99. The molecule has 0 aliphatic heterocycles. The third-order valence-corrected chi connectivity index (χ3v) is 13.0. The van der Waals surface area contributed by atoms with E-state index in [0.717, 1.165) is 5.69 Å². The Kier molecular flexibility index (Phi) is 13.4. The smallest absolute Gasteiger partial charge is 0.0587 e. The van der Waals surface area contributed by atoms with E-state index in [0.29, 0.717) is 35.5 Å². The molecule has 0 atom stereocenters. The van der Waals surface area contributed by atoms with E-state index in [1.165, 1.54) is 54.6 Å². The van der Waals surface area contributed by atoms with Gasteiger partial charge >= 0.3 is 0 Å². The zero-order valence-electron chi connectivity index (χ0n) is 34.9. The van der Waals surface area contributed by atoms with Crippen LogP contribution in [-0.2, 0) is 0 Å². The van der Waals surface area contributed by atoms with Gasteiger partial charge in [0.1, 0.15) is 0 Å². The summed E-state index contributed by atoms with van der Waals surface area (Å²) >= 11 is 0. The number of nitroso groups, excluding NO2 is 1. The predicted octanol–water partition coefficient (Wildman–Crippen LogP) is 13.6. The van der Waals surface area contributed by atoms with Crippen LogP contribution in [0.3, 0.4) is 0 Å². The average molecular weight is 685 g/mol. The maximum atomic E-state index is 13.9. The summed E-state index contributed by atoms with van der Waals surface area (Å²) in [6.45, 7) is 43.8. The summed E-state index contributed by atoms with van der Waals surface area (Å²) in [6, 6.07) is 14.7. The SMILES string of the molecule is CC(C)c1cc(C(C)C)c(P(c2c(C(C)C)cc(C(C)C)cc2C(C)C)c2c(C(C)C)cc([N+](=O)C(C)(C)C)cc2C(C)C)c(C(C)C)c1. The number of hydrogen-bond acceptors (Lipinski definition) is 1. The zero-order valence-corrected chi connectivity index (χ0v) is 35.8. The number of hydrogen-bond donors (Lipinski definition) is 0. The summed E-state index contributed by atoms with van der Waals surface area (Å²) < 4.78 is 1.24. The maximum absolute atomic E-state index is 13.9. The lowest BCUT2D eigenvalue weighted by Crippen LogP contribution is -2.36. The van der Waals surface area contributed by atoms with Crippen molar-refractivity contribution in [3.05, 3.63) is 85.8 Å². The van der Waals surface area contributed by atoms with Crippen molar-refractivity contribution in [2.45, 2.75) is 184 Å². The molecule has 0 heterocycles. The lowest BCUT2D eigenvalue weighted by molar-refractivity contribution is -0.540. The standard InChI is InChI=1S/C46H71NOP/c1-26(2)34-20-37(28(5)6)43(38(21-34)29(7)8)49(44-39(30(9)10)22-35(27(3)4)23-40(44)31(11)12)45-41(32(13)14)24-36(25-42(45)33(15)16)47(48)46(17,18)19/h20-33H,1-19H3/q+1. The quantitative estimate of drug-likeness (QED) is 0.137. The van der Waals surface area contributed by atoms with Crippen molar-refractivity contribution in [2.24, 2.45) is 0 Å². The minimum atomic E-state index is -1.01. The maximum Gasteiger partial charge on any atom is 0.257 e. The minimum absolute atomic E-state index is 0.255. The molecule has 0 saturated carbocycles. The van der Waals surface area contributed by atoms with Gasteiger partial charge in [0.15, 0.2) is 0 Å². The molecule has 0 aliphatic carbocycles. The molecule has 3 aromatic rings. The van der Waals surface area contributed by atoms with Crippen molar-refractivity contribution in [1.29, 1.82) is 0 Å². The first-order valence-electron chi connectivity index (χ1n) is 19.3. The Morgan fingerprint density at radius 1 is 0.408 bits per heavy atom. The fourth-order valence-corrected chi connectivity index (χ4v) is 11.2. The second kappa shape index (κ2) is 15.9. The van der Waals surface area contributed by atoms with Crippen LogP contribution in [0.2, 0.25) is 0 Å². The fraction of sp³-hybridized carbons (Fsp3) is 0.609. The largest absolute Gasteiger partial charge is 0.257 e. The highest BCUT2D eigenvalue weighted by atomic mass is 31.1. The van der Waals surface area contributed by atoms with Crippen molar-refractivity contribution in [3.8, 4) is 0 Å². The molecule has 0 N–H and O–H groups in total. The van der Waals surface area contributed by atoms with Gasteiger partial charge in [0.25, 0.3) is 5.69 Å². The molecule has 0 amide bonds. The summed E-state index contributed by atoms with van der Waals surface area (Å²) in [5.74, 6) is 2.91. The summed E-state index contributed by atoms with van der Waals surface area (Å²) in [7, 11) is -1.01. The monoisotopic (exact) mass is 685 g/mol. The van der Waals surface area contributed by atoms with E-state index in [4.69, 9.17) is 0 Å². The zero-order chi connectivity index (χ0) is 37.4. The third kappa shape index (κ3) is 8.78. The highest BCUT2D eigenvalue weighted by molar-refractivity contribution is 7.80. The lowest BCUT2D eigenvalue weighted by Gasteiger charge is -2.37. The molecular formula is C46H71NOP+. The van der Waals surface area contributed by atoms with Crippen molar-refractivity contribution in [1.82, 2.24) is 0 Å². The second-order valence-corrected chi connectivity index (χ2v) is 20.1. The summed E-state index contributed by atoms with van der Waals surface area (Å²) in [4.78, 5) is 13.9. The van der Waals surface area contributed by atoms with E-state index in [9.17, 15) is 4.91 Å². The van der Waals surface area contributed by atoms with Crippen molar-refractivity contribution >= 4 is 29.5 Å². The van der Waals surface area contributed by atoms with Gasteiger partial charge in [-0.25, -0.2) is 0 Å². The van der Waals surface area contributed by atoms with Crippen LogP contribution in [0.5, 0.6) is 0 Å². The molecule has 0 radical (unpaired) electrons. The molecule has 2 nitrogen and oxygen atoms in total. The van der Waals surface area contributed by atoms with Crippen LogP contribution in [0.15, 0.2) is 36.4 Å². The van der Waals surface area contributed by atoms with Gasteiger partial charge < -0.3 is 0 Å². The lowest BCUT2D eigenvalue weighted by atomic mass is 9.89. The molecule has 0 saturated heterocycles. The second-order valence-electron chi connectivity index (χ2n) is 18.1. The molecule has 270 valence electrons. The first-order chi connectivity index (χ1) is 22.5. The molecular weight excluding hydrogens is 613 g/mol. The van der Waals surface area contributed by atoms with Crippen LogP contribution in [0.25, 0.3) is 0 Å². The molecule has 49 heavy (non-hydrogen) atoms. The number of rotatable bonds is 12.